The predicted molar refractivity (Wildman–Crippen MR) is 138 cm³/mol. The van der Waals surface area contributed by atoms with Crippen molar-refractivity contribution in [3.8, 4) is 5.69 Å². The van der Waals surface area contributed by atoms with E-state index in [2.05, 4.69) is 107 Å². The number of hydrogen-bond acceptors (Lipinski definition) is 2. The maximum Gasteiger partial charge on any atom is 0.158 e. The van der Waals surface area contributed by atoms with Crippen LogP contribution in [0.15, 0.2) is 120 Å². The lowest BCUT2D eigenvalue weighted by molar-refractivity contribution is 0.670. The molecule has 7 rings (SSSR count). The Morgan fingerprint density at radius 2 is 1.27 bits per heavy atom. The molecule has 0 saturated carbocycles. The normalized spacial score (nSPS) is 11.6. The molecule has 0 amide bonds. The van der Waals surface area contributed by atoms with E-state index in [0.717, 1.165) is 39.0 Å². The topological polar surface area (TPSA) is 30.1 Å². The number of fused-ring (bicyclic) bond motifs is 6. The molecule has 0 unspecified atom stereocenters. The maximum absolute atomic E-state index is 6.22. The van der Waals surface area contributed by atoms with Gasteiger partial charge >= 0.3 is 0 Å². The highest BCUT2D eigenvalue weighted by molar-refractivity contribution is 6.11. The van der Waals surface area contributed by atoms with Gasteiger partial charge in [-0.2, -0.15) is 0 Å². The molecule has 1 N–H and O–H groups in total. The van der Waals surface area contributed by atoms with Gasteiger partial charge in [-0.1, -0.05) is 72.8 Å². The summed E-state index contributed by atoms with van der Waals surface area (Å²) < 4.78 is 8.55. The lowest BCUT2D eigenvalue weighted by atomic mass is 10.1. The first-order valence-corrected chi connectivity index (χ1v) is 11.1. The molecule has 0 saturated heterocycles. The highest BCUT2D eigenvalue weighted by Crippen LogP contribution is 2.37. The van der Waals surface area contributed by atoms with Crippen molar-refractivity contribution in [1.82, 2.24) is 4.57 Å². The molecule has 0 bridgehead atoms. The van der Waals surface area contributed by atoms with Gasteiger partial charge in [-0.3, -0.25) is 0 Å². The molecule has 156 valence electrons. The number of rotatable bonds is 3. The molecule has 0 fully saturated rings. The van der Waals surface area contributed by atoms with Gasteiger partial charge < -0.3 is 14.3 Å². The van der Waals surface area contributed by atoms with E-state index in [4.69, 9.17) is 4.42 Å². The van der Waals surface area contributed by atoms with Crippen molar-refractivity contribution in [2.75, 3.05) is 5.32 Å². The Balaban J connectivity index is 1.43. The van der Waals surface area contributed by atoms with Crippen LogP contribution in [-0.2, 0) is 0 Å². The van der Waals surface area contributed by atoms with Gasteiger partial charge in [0.2, 0.25) is 0 Å². The van der Waals surface area contributed by atoms with Crippen LogP contribution in [0.25, 0.3) is 49.4 Å². The Morgan fingerprint density at radius 3 is 2.18 bits per heavy atom. The Hall–Kier alpha value is -4.50. The third-order valence-corrected chi connectivity index (χ3v) is 6.37. The van der Waals surface area contributed by atoms with Crippen LogP contribution in [0.5, 0.6) is 0 Å². The second-order valence-electron chi connectivity index (χ2n) is 8.33. The van der Waals surface area contributed by atoms with Crippen LogP contribution in [0.3, 0.4) is 0 Å². The molecule has 0 aliphatic carbocycles. The molecule has 5 aromatic carbocycles. The third kappa shape index (κ3) is 2.76. The summed E-state index contributed by atoms with van der Waals surface area (Å²) in [5, 5.41) is 8.36. The van der Waals surface area contributed by atoms with Crippen molar-refractivity contribution in [2.45, 2.75) is 0 Å². The first-order chi connectivity index (χ1) is 16.4. The van der Waals surface area contributed by atoms with E-state index < -0.39 is 0 Å². The van der Waals surface area contributed by atoms with Gasteiger partial charge in [0, 0.05) is 32.9 Å². The average molecular weight is 425 g/mol. The van der Waals surface area contributed by atoms with Crippen molar-refractivity contribution < 1.29 is 4.42 Å². The fraction of sp³-hybridized carbons (Fsp3) is 0. The Bertz CT molecular complexity index is 1790. The molecule has 33 heavy (non-hydrogen) atoms. The molecule has 7 aromatic rings. The van der Waals surface area contributed by atoms with Crippen LogP contribution in [0, 0.1) is 0 Å². The molecule has 0 radical (unpaired) electrons. The molecule has 0 aliphatic heterocycles. The average Bonchev–Trinajstić information content (AvgIpc) is 3.41. The van der Waals surface area contributed by atoms with Gasteiger partial charge in [-0.15, -0.1) is 0 Å². The first-order valence-electron chi connectivity index (χ1n) is 11.1. The highest BCUT2D eigenvalue weighted by atomic mass is 16.3. The number of hydrogen-bond donors (Lipinski definition) is 1. The van der Waals surface area contributed by atoms with E-state index in [0.29, 0.717) is 0 Å². The van der Waals surface area contributed by atoms with Crippen LogP contribution >= 0.6 is 0 Å². The van der Waals surface area contributed by atoms with Gasteiger partial charge in [-0.25, -0.2) is 0 Å². The lowest BCUT2D eigenvalue weighted by Gasteiger charge is -2.10. The summed E-state index contributed by atoms with van der Waals surface area (Å²) in [4.78, 5) is 0. The van der Waals surface area contributed by atoms with Crippen LogP contribution < -0.4 is 5.32 Å². The summed E-state index contributed by atoms with van der Waals surface area (Å²) in [5.74, 6) is 0. The van der Waals surface area contributed by atoms with E-state index in [1.54, 1.807) is 0 Å². The van der Waals surface area contributed by atoms with E-state index >= 15 is 0 Å². The Morgan fingerprint density at radius 1 is 0.545 bits per heavy atom. The number of nitrogens with one attached hydrogen (secondary N) is 1. The zero-order chi connectivity index (χ0) is 21.8. The van der Waals surface area contributed by atoms with Gasteiger partial charge in [-0.05, 0) is 42.5 Å². The van der Waals surface area contributed by atoms with E-state index in [1.165, 1.54) is 21.8 Å². The summed E-state index contributed by atoms with van der Waals surface area (Å²) in [6, 6.07) is 40.1. The van der Waals surface area contributed by atoms with Crippen molar-refractivity contribution >= 4 is 55.1 Å². The molecule has 2 heterocycles. The van der Waals surface area contributed by atoms with E-state index in [1.807, 2.05) is 18.2 Å². The molecular formula is C30H20N2O. The molecule has 3 nitrogen and oxygen atoms in total. The van der Waals surface area contributed by atoms with Crippen molar-refractivity contribution in [2.24, 2.45) is 0 Å². The van der Waals surface area contributed by atoms with Crippen molar-refractivity contribution in [1.29, 1.82) is 0 Å². The highest BCUT2D eigenvalue weighted by Gasteiger charge is 2.14. The first kappa shape index (κ1) is 18.1. The van der Waals surface area contributed by atoms with E-state index in [-0.39, 0.29) is 0 Å². The van der Waals surface area contributed by atoms with Gasteiger partial charge in [0.15, 0.2) is 5.58 Å². The van der Waals surface area contributed by atoms with E-state index in [9.17, 15) is 0 Å². The molecule has 2 aromatic heterocycles. The number of benzene rings is 5. The molecule has 0 aliphatic rings. The number of furan rings is 1. The zero-order valence-electron chi connectivity index (χ0n) is 17.8. The lowest BCUT2D eigenvalue weighted by Crippen LogP contribution is -1.95. The number of anilines is 2. The molecular weight excluding hydrogens is 404 g/mol. The fourth-order valence-electron chi connectivity index (χ4n) is 4.90. The number of aromatic nitrogens is 1. The Kier molecular flexibility index (Phi) is 3.84. The van der Waals surface area contributed by atoms with Gasteiger partial charge in [0.05, 0.1) is 16.7 Å². The quantitative estimate of drug-likeness (QED) is 0.308. The van der Waals surface area contributed by atoms with Crippen LogP contribution in [0.1, 0.15) is 0 Å². The predicted octanol–water partition coefficient (Wildman–Crippen LogP) is 8.43. The summed E-state index contributed by atoms with van der Waals surface area (Å²) in [6.45, 7) is 0. The molecule has 3 heteroatoms. The molecule has 0 spiro atoms. The fourth-order valence-corrected chi connectivity index (χ4v) is 4.90. The third-order valence-electron chi connectivity index (χ3n) is 6.37. The van der Waals surface area contributed by atoms with Crippen LogP contribution in [0.4, 0.5) is 11.4 Å². The summed E-state index contributed by atoms with van der Waals surface area (Å²) in [7, 11) is 0. The molecule has 0 atom stereocenters. The largest absolute Gasteiger partial charge is 0.454 e. The van der Waals surface area contributed by atoms with Gasteiger partial charge in [0.1, 0.15) is 5.58 Å². The summed E-state index contributed by atoms with van der Waals surface area (Å²) in [5.41, 5.74) is 7.30. The number of para-hydroxylation sites is 4. The van der Waals surface area contributed by atoms with Crippen molar-refractivity contribution in [3.05, 3.63) is 115 Å². The summed E-state index contributed by atoms with van der Waals surface area (Å²) in [6.07, 6.45) is 0. The SMILES string of the molecule is c1ccc(-n2c3ccccc3c3ccc(Nc4cccc5c4oc4ccccc45)cc32)cc1. The maximum atomic E-state index is 6.22. The minimum Gasteiger partial charge on any atom is -0.454 e. The van der Waals surface area contributed by atoms with Crippen molar-refractivity contribution in [3.63, 3.8) is 0 Å². The number of nitrogens with zero attached hydrogens (tertiary/aromatic N) is 1. The second kappa shape index (κ2) is 7.01. The standard InChI is InChI=1S/C30H20N2O/c1-2-9-21(10-3-1)32-27-15-6-4-11-22(27)23-18-17-20(19-28(23)32)31-26-14-8-13-25-24-12-5-7-16-29(24)33-30(25)26/h1-19,31H. The van der Waals surface area contributed by atoms with Crippen LogP contribution in [0.2, 0.25) is 0 Å². The second-order valence-corrected chi connectivity index (χ2v) is 8.33. The smallest absolute Gasteiger partial charge is 0.158 e. The minimum absolute atomic E-state index is 0.877. The van der Waals surface area contributed by atoms with Crippen LogP contribution in [-0.4, -0.2) is 4.57 Å². The Labute approximate surface area is 190 Å². The summed E-state index contributed by atoms with van der Waals surface area (Å²) >= 11 is 0. The monoisotopic (exact) mass is 424 g/mol. The van der Waals surface area contributed by atoms with Gasteiger partial charge in [0.25, 0.3) is 0 Å². The zero-order valence-corrected chi connectivity index (χ0v) is 17.8. The minimum atomic E-state index is 0.877.